The first kappa shape index (κ1) is 17.2. The van der Waals surface area contributed by atoms with Crippen LogP contribution >= 0.6 is 0 Å². The van der Waals surface area contributed by atoms with Gasteiger partial charge >= 0.3 is 5.97 Å². The Morgan fingerprint density at radius 2 is 2.07 bits per heavy atom. The number of fused-ring (bicyclic) bond motifs is 2. The van der Waals surface area contributed by atoms with Gasteiger partial charge in [-0.25, -0.2) is 14.3 Å². The number of aromatic nitrogens is 3. The number of nitrogens with one attached hydrogen (secondary N) is 1. The number of aromatic amines is 1. The summed E-state index contributed by atoms with van der Waals surface area (Å²) in [6.07, 6.45) is 3.14. The van der Waals surface area contributed by atoms with Crippen molar-refractivity contribution in [3.05, 3.63) is 68.8 Å². The smallest absolute Gasteiger partial charge is 0.337 e. The van der Waals surface area contributed by atoms with Crippen LogP contribution in [-0.2, 0) is 24.2 Å². The van der Waals surface area contributed by atoms with Gasteiger partial charge in [0.2, 0.25) is 0 Å². The molecule has 1 fully saturated rings. The number of benzene rings is 1. The van der Waals surface area contributed by atoms with Crippen molar-refractivity contribution in [2.24, 2.45) is 0 Å². The minimum Gasteiger partial charge on any atom is -0.465 e. The molecule has 0 saturated heterocycles. The van der Waals surface area contributed by atoms with E-state index in [2.05, 4.69) is 10.00 Å². The van der Waals surface area contributed by atoms with Crippen molar-refractivity contribution in [3.8, 4) is 0 Å². The maximum absolute atomic E-state index is 13.0. The minimum absolute atomic E-state index is 0.0117. The molecule has 1 aromatic carbocycles. The Morgan fingerprint density at radius 1 is 1.29 bits per heavy atom. The van der Waals surface area contributed by atoms with Crippen LogP contribution in [0.15, 0.2) is 35.1 Å². The van der Waals surface area contributed by atoms with Crippen LogP contribution in [0.5, 0.6) is 0 Å². The second kappa shape index (κ2) is 6.60. The van der Waals surface area contributed by atoms with Crippen molar-refractivity contribution < 1.29 is 9.53 Å². The van der Waals surface area contributed by atoms with Crippen LogP contribution in [0.2, 0.25) is 0 Å². The van der Waals surface area contributed by atoms with Gasteiger partial charge < -0.3 is 4.74 Å². The van der Waals surface area contributed by atoms with Gasteiger partial charge in [-0.05, 0) is 30.5 Å². The first-order chi connectivity index (χ1) is 13.6. The highest BCUT2D eigenvalue weighted by molar-refractivity contribution is 5.89. The fourth-order valence-electron chi connectivity index (χ4n) is 3.92. The van der Waals surface area contributed by atoms with Crippen molar-refractivity contribution in [2.45, 2.75) is 38.3 Å². The normalized spacial score (nSPS) is 16.9. The molecule has 28 heavy (non-hydrogen) atoms. The van der Waals surface area contributed by atoms with Gasteiger partial charge in [-0.3, -0.25) is 14.8 Å². The largest absolute Gasteiger partial charge is 0.465 e. The van der Waals surface area contributed by atoms with Crippen LogP contribution < -0.4 is 5.56 Å². The Labute approximate surface area is 161 Å². The first-order valence-electron chi connectivity index (χ1n) is 9.65. The number of carbonyl (C=O) groups excluding carboxylic acids is 1. The number of H-pyrrole nitrogens is 1. The van der Waals surface area contributed by atoms with Crippen molar-refractivity contribution >= 4 is 11.6 Å². The van der Waals surface area contributed by atoms with Gasteiger partial charge in [0.1, 0.15) is 0 Å². The van der Waals surface area contributed by atoms with E-state index >= 15 is 0 Å². The van der Waals surface area contributed by atoms with Gasteiger partial charge in [0.15, 0.2) is 5.65 Å². The van der Waals surface area contributed by atoms with Crippen LogP contribution in [0.3, 0.4) is 0 Å². The molecule has 3 aromatic rings. The summed E-state index contributed by atoms with van der Waals surface area (Å²) in [5.74, 6) is 0.223. The van der Waals surface area contributed by atoms with E-state index in [9.17, 15) is 9.59 Å². The fourth-order valence-corrected chi connectivity index (χ4v) is 3.92. The third kappa shape index (κ3) is 3.01. The van der Waals surface area contributed by atoms with E-state index in [0.29, 0.717) is 18.0 Å². The maximum atomic E-state index is 13.0. The van der Waals surface area contributed by atoms with Gasteiger partial charge in [0.05, 0.1) is 23.9 Å². The van der Waals surface area contributed by atoms with Crippen LogP contribution in [-0.4, -0.2) is 39.1 Å². The molecule has 1 aliphatic heterocycles. The highest BCUT2D eigenvalue weighted by Gasteiger charge is 2.27. The average Bonchev–Trinajstić information content (AvgIpc) is 3.48. The Morgan fingerprint density at radius 3 is 2.79 bits per heavy atom. The van der Waals surface area contributed by atoms with Crippen molar-refractivity contribution in [1.29, 1.82) is 0 Å². The molecule has 7 heteroatoms. The molecule has 2 aliphatic rings. The van der Waals surface area contributed by atoms with Crippen molar-refractivity contribution in [2.75, 3.05) is 13.7 Å². The Balaban J connectivity index is 1.37. The molecule has 144 valence electrons. The summed E-state index contributed by atoms with van der Waals surface area (Å²) in [6.45, 7) is 2.16. The number of hydrogen-bond acceptors (Lipinski definition) is 5. The number of nitrogens with zero attached hydrogens (tertiary/aromatic N) is 3. The Hall–Kier alpha value is -2.93. The number of rotatable bonds is 4. The van der Waals surface area contributed by atoms with Gasteiger partial charge in [0, 0.05) is 43.7 Å². The molecule has 0 unspecified atom stereocenters. The first-order valence-corrected chi connectivity index (χ1v) is 9.65. The van der Waals surface area contributed by atoms with Gasteiger partial charge in [-0.1, -0.05) is 12.1 Å². The van der Waals surface area contributed by atoms with Gasteiger partial charge in [0.25, 0.3) is 5.56 Å². The third-order valence-corrected chi connectivity index (χ3v) is 5.66. The summed E-state index contributed by atoms with van der Waals surface area (Å²) in [4.78, 5) is 31.5. The lowest BCUT2D eigenvalue weighted by molar-refractivity contribution is 0.0600. The van der Waals surface area contributed by atoms with E-state index in [-0.39, 0.29) is 11.5 Å². The molecule has 1 N–H and O–H groups in total. The zero-order valence-electron chi connectivity index (χ0n) is 15.8. The van der Waals surface area contributed by atoms with E-state index in [1.165, 1.54) is 20.0 Å². The highest BCUT2D eigenvalue weighted by atomic mass is 16.5. The second-order valence-corrected chi connectivity index (χ2v) is 7.67. The summed E-state index contributed by atoms with van der Waals surface area (Å²) in [6, 6.07) is 9.44. The molecular formula is C21H22N4O3. The zero-order valence-corrected chi connectivity index (χ0v) is 15.8. The average molecular weight is 378 g/mol. The molecule has 2 aromatic heterocycles. The lowest BCUT2D eigenvalue weighted by Crippen LogP contribution is -2.36. The number of hydrogen-bond donors (Lipinski definition) is 1. The molecule has 3 heterocycles. The van der Waals surface area contributed by atoms with E-state index in [4.69, 9.17) is 9.72 Å². The van der Waals surface area contributed by atoms with Gasteiger partial charge in [-0.15, -0.1) is 0 Å². The van der Waals surface area contributed by atoms with E-state index in [0.717, 1.165) is 47.7 Å². The van der Waals surface area contributed by atoms with Crippen LogP contribution in [0, 0.1) is 0 Å². The minimum atomic E-state index is -0.335. The molecular weight excluding hydrogens is 356 g/mol. The number of carbonyl (C=O) groups is 1. The zero-order chi connectivity index (χ0) is 19.3. The van der Waals surface area contributed by atoms with Crippen molar-refractivity contribution in [1.82, 2.24) is 19.5 Å². The number of methoxy groups -OCH3 is 1. The quantitative estimate of drug-likeness (QED) is 0.705. The predicted octanol–water partition coefficient (Wildman–Crippen LogP) is 2.24. The molecule has 1 aliphatic carbocycles. The Kier molecular flexibility index (Phi) is 4.05. The molecule has 5 rings (SSSR count). The number of ether oxygens (including phenoxy) is 1. The van der Waals surface area contributed by atoms with Crippen LogP contribution in [0.25, 0.3) is 5.65 Å². The molecule has 0 atom stereocenters. The number of esters is 1. The van der Waals surface area contributed by atoms with E-state index in [1.54, 1.807) is 16.6 Å². The fraction of sp³-hybridized carbons (Fsp3) is 0.381. The standard InChI is InChI=1S/C21H22N4O3/c1-28-21(27)15-4-2-13(3-5-15)11-24-9-8-17-16(12-24)20(26)25-19(22-17)10-18(23-25)14-6-7-14/h2-5,10,14,23H,6-9,11-12H2,1H3. The molecule has 0 spiro atoms. The van der Waals surface area contributed by atoms with E-state index in [1.807, 2.05) is 18.2 Å². The predicted molar refractivity (Wildman–Crippen MR) is 103 cm³/mol. The summed E-state index contributed by atoms with van der Waals surface area (Å²) >= 11 is 0. The summed E-state index contributed by atoms with van der Waals surface area (Å²) in [5.41, 5.74) is 5.20. The molecule has 0 bridgehead atoms. The lowest BCUT2D eigenvalue weighted by atomic mass is 10.1. The van der Waals surface area contributed by atoms with Crippen molar-refractivity contribution in [3.63, 3.8) is 0 Å². The molecule has 0 amide bonds. The van der Waals surface area contributed by atoms with Crippen LogP contribution in [0.1, 0.15) is 51.6 Å². The molecule has 7 nitrogen and oxygen atoms in total. The maximum Gasteiger partial charge on any atom is 0.337 e. The monoisotopic (exact) mass is 378 g/mol. The SMILES string of the molecule is COC(=O)c1ccc(CN2CCc3nc4cc(C5CC5)[nH]n4c(=O)c3C2)cc1. The lowest BCUT2D eigenvalue weighted by Gasteiger charge is -2.27. The second-order valence-electron chi connectivity index (χ2n) is 7.67. The van der Waals surface area contributed by atoms with Gasteiger partial charge in [-0.2, -0.15) is 0 Å². The summed E-state index contributed by atoms with van der Waals surface area (Å²) < 4.78 is 6.34. The third-order valence-electron chi connectivity index (χ3n) is 5.66. The van der Waals surface area contributed by atoms with E-state index < -0.39 is 0 Å². The highest BCUT2D eigenvalue weighted by Crippen LogP contribution is 2.39. The Bertz CT molecular complexity index is 1110. The molecule has 1 saturated carbocycles. The summed E-state index contributed by atoms with van der Waals surface area (Å²) in [7, 11) is 1.38. The topological polar surface area (TPSA) is 79.7 Å². The summed E-state index contributed by atoms with van der Waals surface area (Å²) in [5, 5.41) is 3.24. The van der Waals surface area contributed by atoms with Crippen LogP contribution in [0.4, 0.5) is 0 Å². The molecule has 0 radical (unpaired) electrons.